The van der Waals surface area contributed by atoms with Crippen molar-refractivity contribution in [1.29, 1.82) is 0 Å². The second-order valence-corrected chi connectivity index (χ2v) is 12.2. The number of amides is 2. The van der Waals surface area contributed by atoms with Crippen molar-refractivity contribution in [3.05, 3.63) is 74.1 Å². The number of ether oxygens (including phenoxy) is 1. The average molecular weight is 678 g/mol. The minimum atomic E-state index is -0.924. The van der Waals surface area contributed by atoms with E-state index in [0.29, 0.717) is 14.7 Å². The molecule has 1 unspecified atom stereocenters. The molecular formula is C25H12Br3NO3S2. The van der Waals surface area contributed by atoms with E-state index in [4.69, 9.17) is 4.74 Å². The van der Waals surface area contributed by atoms with Crippen LogP contribution >= 0.6 is 70.9 Å². The van der Waals surface area contributed by atoms with Crippen molar-refractivity contribution in [3.63, 3.8) is 0 Å². The molecule has 6 rings (SSSR count). The third-order valence-corrected chi connectivity index (χ3v) is 9.94. The molecule has 0 spiro atoms. The van der Waals surface area contributed by atoms with Crippen LogP contribution in [0.5, 0.6) is 5.75 Å². The summed E-state index contributed by atoms with van der Waals surface area (Å²) >= 11 is 13.7. The number of hydrogen-bond donors (Lipinski definition) is 1. The molecule has 5 aromatic rings. The van der Waals surface area contributed by atoms with Gasteiger partial charge in [-0.25, -0.2) is 0 Å². The summed E-state index contributed by atoms with van der Waals surface area (Å²) in [6, 6.07) is 20.8. The Kier molecular flexibility index (Phi) is 5.73. The second kappa shape index (κ2) is 8.64. The summed E-state index contributed by atoms with van der Waals surface area (Å²) in [5.74, 6) is 0.0159. The molecule has 2 amide bonds. The van der Waals surface area contributed by atoms with Gasteiger partial charge in [0.1, 0.15) is 5.75 Å². The first-order chi connectivity index (χ1) is 16.4. The van der Waals surface area contributed by atoms with E-state index >= 15 is 0 Å². The van der Waals surface area contributed by atoms with Gasteiger partial charge in [0.15, 0.2) is 0 Å². The van der Waals surface area contributed by atoms with Crippen molar-refractivity contribution >= 4 is 113 Å². The fourth-order valence-electron chi connectivity index (χ4n) is 4.24. The number of nitrogens with one attached hydrogen (secondary N) is 1. The molecule has 1 fully saturated rings. The number of thiophene rings is 1. The Morgan fingerprint density at radius 1 is 0.853 bits per heavy atom. The molecule has 34 heavy (non-hydrogen) atoms. The van der Waals surface area contributed by atoms with Crippen LogP contribution in [0, 0.1) is 0 Å². The third-order valence-electron chi connectivity index (χ3n) is 5.64. The summed E-state index contributed by atoms with van der Waals surface area (Å²) in [5, 5.41) is 6.51. The lowest BCUT2D eigenvalue weighted by atomic mass is 9.93. The fraction of sp³-hybridized carbons (Fsp3) is 0.0400. The molecule has 1 aromatic heterocycles. The predicted molar refractivity (Wildman–Crippen MR) is 151 cm³/mol. The predicted octanol–water partition coefficient (Wildman–Crippen LogP) is 8.85. The highest BCUT2D eigenvalue weighted by molar-refractivity contribution is 9.11. The number of rotatable bonds is 3. The van der Waals surface area contributed by atoms with Crippen molar-refractivity contribution in [2.75, 3.05) is 0 Å². The van der Waals surface area contributed by atoms with Crippen LogP contribution in [0.1, 0.15) is 0 Å². The largest absolute Gasteiger partial charge is 0.467 e. The molecule has 1 aliphatic rings. The molecule has 4 nitrogen and oxygen atoms in total. The molecule has 0 radical (unpaired) electrons. The molecule has 9 heteroatoms. The van der Waals surface area contributed by atoms with E-state index in [1.54, 1.807) is 11.3 Å². The maximum atomic E-state index is 12.0. The maximum Gasteiger partial charge on any atom is 0.289 e. The van der Waals surface area contributed by atoms with Gasteiger partial charge in [-0.1, -0.05) is 42.5 Å². The van der Waals surface area contributed by atoms with Gasteiger partial charge in [0.25, 0.3) is 11.1 Å². The van der Waals surface area contributed by atoms with E-state index in [1.807, 2.05) is 24.3 Å². The van der Waals surface area contributed by atoms with Crippen molar-refractivity contribution in [2.24, 2.45) is 0 Å². The summed E-state index contributed by atoms with van der Waals surface area (Å²) < 4.78 is 10.8. The molecule has 0 aliphatic carbocycles. The number of carbonyl (C=O) groups excluding carboxylic acids is 2. The third kappa shape index (κ3) is 3.60. The maximum absolute atomic E-state index is 12.0. The Bertz CT molecular complexity index is 1660. The molecule has 1 atom stereocenters. The second-order valence-electron chi connectivity index (χ2n) is 7.65. The van der Waals surface area contributed by atoms with Crippen LogP contribution in [0.4, 0.5) is 4.79 Å². The van der Waals surface area contributed by atoms with Crippen molar-refractivity contribution in [1.82, 2.24) is 5.32 Å². The topological polar surface area (TPSA) is 55.4 Å². The lowest BCUT2D eigenvalue weighted by Crippen LogP contribution is -2.27. The normalized spacial score (nSPS) is 16.0. The van der Waals surface area contributed by atoms with E-state index < -0.39 is 16.6 Å². The summed E-state index contributed by atoms with van der Waals surface area (Å²) in [7, 11) is 0. The number of benzene rings is 4. The Morgan fingerprint density at radius 2 is 1.50 bits per heavy atom. The highest BCUT2D eigenvalue weighted by atomic mass is 79.9. The smallest absolute Gasteiger partial charge is 0.289 e. The fourth-order valence-corrected chi connectivity index (χ4v) is 8.22. The molecule has 168 valence electrons. The van der Waals surface area contributed by atoms with Gasteiger partial charge in [0.05, 0.1) is 13.6 Å². The molecule has 2 heterocycles. The van der Waals surface area contributed by atoms with Gasteiger partial charge in [0, 0.05) is 19.9 Å². The zero-order valence-electron chi connectivity index (χ0n) is 17.0. The van der Waals surface area contributed by atoms with E-state index in [1.165, 1.54) is 20.2 Å². The van der Waals surface area contributed by atoms with Gasteiger partial charge < -0.3 is 4.74 Å². The van der Waals surface area contributed by atoms with E-state index in [2.05, 4.69) is 89.5 Å². The standard InChI is InChI=1S/C25H12Br3NO3S2/c26-15-9-11(10-16(27)21(15)32-24-23(30)29-25(31)34-24)18-12-5-1-2-6-13(12)20(28)22-19(18)14-7-3-4-8-17(14)33-22/h1-10,24H,(H,29,30,31). The number of fused-ring (bicyclic) bond motifs is 4. The van der Waals surface area contributed by atoms with Crippen molar-refractivity contribution in [2.45, 2.75) is 5.44 Å². The number of hydrogen-bond acceptors (Lipinski definition) is 5. The molecule has 1 N–H and O–H groups in total. The first-order valence-corrected chi connectivity index (χ1v) is 14.2. The SMILES string of the molecule is O=C1NC(=O)C(Oc2c(Br)cc(-c3c4ccccc4c(Br)c4sc5ccccc5c34)cc2Br)S1. The lowest BCUT2D eigenvalue weighted by Gasteiger charge is -2.17. The van der Waals surface area contributed by atoms with Crippen molar-refractivity contribution in [3.8, 4) is 16.9 Å². The molecule has 0 saturated carbocycles. The Balaban J connectivity index is 1.61. The Morgan fingerprint density at radius 3 is 2.18 bits per heavy atom. The molecule has 0 bridgehead atoms. The Hall–Kier alpha value is -1.91. The van der Waals surface area contributed by atoms with Gasteiger partial charge in [-0.3, -0.25) is 14.9 Å². The van der Waals surface area contributed by atoms with Gasteiger partial charge >= 0.3 is 0 Å². The molecule has 4 aromatic carbocycles. The number of halogens is 3. The zero-order chi connectivity index (χ0) is 23.6. The number of thioether (sulfide) groups is 1. The van der Waals surface area contributed by atoms with Crippen LogP contribution in [-0.2, 0) is 4.79 Å². The van der Waals surface area contributed by atoms with Gasteiger partial charge in [-0.2, -0.15) is 0 Å². The average Bonchev–Trinajstić information content (AvgIpc) is 3.36. The lowest BCUT2D eigenvalue weighted by molar-refractivity contribution is -0.122. The minimum absolute atomic E-state index is 0.410. The van der Waals surface area contributed by atoms with Crippen LogP contribution in [0.25, 0.3) is 42.1 Å². The van der Waals surface area contributed by atoms with Gasteiger partial charge in [0.2, 0.25) is 5.44 Å². The molecule has 1 saturated heterocycles. The highest BCUT2D eigenvalue weighted by Crippen LogP contribution is 2.50. The number of imide groups is 1. The van der Waals surface area contributed by atoms with E-state index in [9.17, 15) is 9.59 Å². The summed E-state index contributed by atoms with van der Waals surface area (Å²) in [5.41, 5.74) is 1.21. The van der Waals surface area contributed by atoms with Gasteiger partial charge in [-0.05, 0) is 99.7 Å². The summed E-state index contributed by atoms with van der Waals surface area (Å²) in [4.78, 5) is 23.6. The highest BCUT2D eigenvalue weighted by Gasteiger charge is 2.34. The number of carbonyl (C=O) groups is 2. The van der Waals surface area contributed by atoms with Crippen LogP contribution in [0.3, 0.4) is 0 Å². The summed E-state index contributed by atoms with van der Waals surface area (Å²) in [6.45, 7) is 0. The van der Waals surface area contributed by atoms with Crippen LogP contribution in [-0.4, -0.2) is 16.6 Å². The van der Waals surface area contributed by atoms with Crippen LogP contribution in [0.15, 0.2) is 74.1 Å². The zero-order valence-corrected chi connectivity index (χ0v) is 23.4. The first kappa shape index (κ1) is 22.5. The van der Waals surface area contributed by atoms with Crippen LogP contribution < -0.4 is 10.1 Å². The first-order valence-electron chi connectivity index (χ1n) is 10.1. The van der Waals surface area contributed by atoms with Crippen LogP contribution in [0.2, 0.25) is 0 Å². The quantitative estimate of drug-likeness (QED) is 0.207. The van der Waals surface area contributed by atoms with Gasteiger partial charge in [-0.15, -0.1) is 11.3 Å². The minimum Gasteiger partial charge on any atom is -0.467 e. The summed E-state index contributed by atoms with van der Waals surface area (Å²) in [6.07, 6.45) is 0. The molecular weight excluding hydrogens is 666 g/mol. The molecule has 1 aliphatic heterocycles. The van der Waals surface area contributed by atoms with E-state index in [0.717, 1.165) is 38.1 Å². The van der Waals surface area contributed by atoms with Crippen molar-refractivity contribution < 1.29 is 14.3 Å². The monoisotopic (exact) mass is 675 g/mol. The Labute approximate surface area is 227 Å². The van der Waals surface area contributed by atoms with E-state index in [-0.39, 0.29) is 0 Å².